The minimum absolute atomic E-state index is 0.264. The van der Waals surface area contributed by atoms with E-state index in [2.05, 4.69) is 4.98 Å². The van der Waals surface area contributed by atoms with E-state index in [0.29, 0.717) is 5.69 Å². The predicted molar refractivity (Wildman–Crippen MR) is 49.1 cm³/mol. The summed E-state index contributed by atoms with van der Waals surface area (Å²) in [7, 11) is 0. The zero-order valence-electron chi connectivity index (χ0n) is 8.05. The van der Waals surface area contributed by atoms with Gasteiger partial charge in [-0.1, -0.05) is 13.8 Å². The second-order valence-electron chi connectivity index (χ2n) is 2.20. The third-order valence-electron chi connectivity index (χ3n) is 1.41. The third kappa shape index (κ3) is 2.08. The molecule has 1 heterocycles. The Morgan fingerprint density at radius 1 is 1.42 bits per heavy atom. The predicted octanol–water partition coefficient (Wildman–Crippen LogP) is 0.719. The molecule has 0 amide bonds. The van der Waals surface area contributed by atoms with Gasteiger partial charge in [-0.3, -0.25) is 10.4 Å². The van der Waals surface area contributed by atoms with Crippen LogP contribution in [0.25, 0.3) is 0 Å². The highest BCUT2D eigenvalue weighted by atomic mass is 15.3. The smallest absolute Gasteiger partial charge is 0.165 e. The highest BCUT2D eigenvalue weighted by molar-refractivity contribution is 5.00. The maximum atomic E-state index is 7.36. The summed E-state index contributed by atoms with van der Waals surface area (Å²) < 4.78 is 1.31. The molecular weight excluding hydrogens is 152 g/mol. The molecule has 0 unspecified atom stereocenters. The fourth-order valence-electron chi connectivity index (χ4n) is 0.664. The average Bonchev–Trinajstić information content (AvgIpc) is 2.12. The molecule has 0 bridgehead atoms. The van der Waals surface area contributed by atoms with E-state index < -0.39 is 0 Å². The van der Waals surface area contributed by atoms with Gasteiger partial charge >= 0.3 is 0 Å². The lowest BCUT2D eigenvalue weighted by atomic mass is 10.4. The Morgan fingerprint density at radius 3 is 2.33 bits per heavy atom. The van der Waals surface area contributed by atoms with Gasteiger partial charge < -0.3 is 5.84 Å². The second kappa shape index (κ2) is 4.54. The summed E-state index contributed by atoms with van der Waals surface area (Å²) >= 11 is 0. The van der Waals surface area contributed by atoms with E-state index >= 15 is 0 Å². The number of nitrogen functional groups attached to an aromatic ring is 1. The van der Waals surface area contributed by atoms with Gasteiger partial charge in [-0.15, -0.1) is 0 Å². The average molecular weight is 168 g/mol. The molecule has 3 N–H and O–H groups in total. The van der Waals surface area contributed by atoms with Crippen molar-refractivity contribution in [2.45, 2.75) is 27.7 Å². The van der Waals surface area contributed by atoms with Crippen molar-refractivity contribution in [3.8, 4) is 0 Å². The first-order chi connectivity index (χ1) is 5.63. The van der Waals surface area contributed by atoms with Gasteiger partial charge in [-0.2, -0.15) is 0 Å². The molecule has 0 atom stereocenters. The van der Waals surface area contributed by atoms with Crippen molar-refractivity contribution in [2.75, 3.05) is 5.84 Å². The first-order valence-corrected chi connectivity index (χ1v) is 3.98. The van der Waals surface area contributed by atoms with Gasteiger partial charge in [0.15, 0.2) is 5.49 Å². The Balaban J connectivity index is 0.000000561. The van der Waals surface area contributed by atoms with Crippen molar-refractivity contribution in [3.05, 3.63) is 23.1 Å². The lowest BCUT2D eigenvalue weighted by Gasteiger charge is -2.03. The van der Waals surface area contributed by atoms with Crippen LogP contribution in [0, 0.1) is 19.3 Å². The molecule has 0 aromatic carbocycles. The number of hydrogen-bond acceptors (Lipinski definition) is 3. The zero-order chi connectivity index (χ0) is 9.72. The number of rotatable bonds is 0. The first-order valence-electron chi connectivity index (χ1n) is 3.98. The quantitative estimate of drug-likeness (QED) is 0.560. The molecule has 0 aliphatic rings. The summed E-state index contributed by atoms with van der Waals surface area (Å²) in [5, 5.41) is 7.36. The summed E-state index contributed by atoms with van der Waals surface area (Å²) in [6.07, 6.45) is 1.65. The molecule has 0 fully saturated rings. The molecule has 1 rings (SSSR count). The summed E-state index contributed by atoms with van der Waals surface area (Å²) in [6, 6.07) is 0. The van der Waals surface area contributed by atoms with E-state index in [1.54, 1.807) is 13.1 Å². The van der Waals surface area contributed by atoms with Crippen LogP contribution >= 0.6 is 0 Å². The van der Waals surface area contributed by atoms with E-state index in [1.165, 1.54) is 4.68 Å². The van der Waals surface area contributed by atoms with Gasteiger partial charge in [-0.05, 0) is 13.8 Å². The van der Waals surface area contributed by atoms with Crippen molar-refractivity contribution >= 4 is 0 Å². The number of hydrogen-bond donors (Lipinski definition) is 2. The largest absolute Gasteiger partial charge is 0.337 e. The number of nitrogens with zero attached hydrogens (tertiary/aromatic N) is 2. The topological polar surface area (TPSA) is 67.7 Å². The van der Waals surface area contributed by atoms with E-state index in [1.807, 2.05) is 20.8 Å². The Kier molecular flexibility index (Phi) is 4.04. The van der Waals surface area contributed by atoms with E-state index in [9.17, 15) is 0 Å². The van der Waals surface area contributed by atoms with Crippen LogP contribution in [0.5, 0.6) is 0 Å². The molecule has 1 aromatic heterocycles. The third-order valence-corrected chi connectivity index (χ3v) is 1.41. The van der Waals surface area contributed by atoms with Crippen molar-refractivity contribution in [1.82, 2.24) is 9.66 Å². The van der Waals surface area contributed by atoms with Crippen molar-refractivity contribution in [3.63, 3.8) is 0 Å². The summed E-state index contributed by atoms with van der Waals surface area (Å²) in [5.74, 6) is 5.47. The molecule has 4 heteroatoms. The molecule has 4 nitrogen and oxygen atoms in total. The number of nitrogens with two attached hydrogens (primary N) is 1. The van der Waals surface area contributed by atoms with Crippen molar-refractivity contribution < 1.29 is 0 Å². The van der Waals surface area contributed by atoms with Gasteiger partial charge in [0, 0.05) is 6.20 Å². The molecule has 0 spiro atoms. The van der Waals surface area contributed by atoms with Crippen molar-refractivity contribution in [2.24, 2.45) is 0 Å². The van der Waals surface area contributed by atoms with Gasteiger partial charge in [-0.25, -0.2) is 4.68 Å². The van der Waals surface area contributed by atoms with Crippen LogP contribution in [-0.2, 0) is 0 Å². The minimum Gasteiger partial charge on any atom is -0.337 e. The molecule has 0 saturated heterocycles. The molecule has 12 heavy (non-hydrogen) atoms. The first kappa shape index (κ1) is 10.7. The second-order valence-corrected chi connectivity index (χ2v) is 2.20. The van der Waals surface area contributed by atoms with E-state index in [0.717, 1.165) is 5.69 Å². The van der Waals surface area contributed by atoms with E-state index in [4.69, 9.17) is 11.3 Å². The number of nitrogens with one attached hydrogen (secondary N) is 1. The Morgan fingerprint density at radius 2 is 1.92 bits per heavy atom. The van der Waals surface area contributed by atoms with Crippen LogP contribution in [0.3, 0.4) is 0 Å². The monoisotopic (exact) mass is 168 g/mol. The van der Waals surface area contributed by atoms with Crippen LogP contribution in [-0.4, -0.2) is 9.66 Å². The van der Waals surface area contributed by atoms with Crippen LogP contribution in [0.2, 0.25) is 0 Å². The highest BCUT2D eigenvalue weighted by Crippen LogP contribution is 1.86. The van der Waals surface area contributed by atoms with Gasteiger partial charge in [0.2, 0.25) is 0 Å². The SMILES string of the molecule is CC.Cc1ncc(C)n(N)c1=N. The van der Waals surface area contributed by atoms with Crippen LogP contribution in [0.4, 0.5) is 0 Å². The maximum absolute atomic E-state index is 7.36. The number of aryl methyl sites for hydroxylation is 2. The highest BCUT2D eigenvalue weighted by Gasteiger charge is 1.94. The Hall–Kier alpha value is -1.32. The standard InChI is InChI=1S/C6H10N4.C2H6/c1-4-3-9-5(2)6(7)10(4)8;1-2/h3,7H,8H2,1-2H3;1-2H3. The maximum Gasteiger partial charge on any atom is 0.165 e. The lowest BCUT2D eigenvalue weighted by Crippen LogP contribution is -2.31. The molecule has 0 saturated carbocycles. The minimum atomic E-state index is 0.264. The Labute approximate surface area is 72.5 Å². The fourth-order valence-corrected chi connectivity index (χ4v) is 0.664. The van der Waals surface area contributed by atoms with E-state index in [-0.39, 0.29) is 5.49 Å². The van der Waals surface area contributed by atoms with Crippen LogP contribution < -0.4 is 11.3 Å². The summed E-state index contributed by atoms with van der Waals surface area (Å²) in [4.78, 5) is 3.95. The van der Waals surface area contributed by atoms with Crippen molar-refractivity contribution in [1.29, 1.82) is 5.41 Å². The Bertz CT molecular complexity index is 300. The normalized spacial score (nSPS) is 8.67. The van der Waals surface area contributed by atoms with Crippen LogP contribution in [0.1, 0.15) is 25.2 Å². The molecule has 1 aromatic rings. The van der Waals surface area contributed by atoms with Crippen LogP contribution in [0.15, 0.2) is 6.20 Å². The molecule has 0 aliphatic carbocycles. The molecule has 0 aliphatic heterocycles. The molecule has 68 valence electrons. The van der Waals surface area contributed by atoms with Gasteiger partial charge in [0.05, 0.1) is 11.4 Å². The van der Waals surface area contributed by atoms with Gasteiger partial charge in [0.1, 0.15) is 0 Å². The zero-order valence-corrected chi connectivity index (χ0v) is 8.05. The molecule has 0 radical (unpaired) electrons. The number of aromatic nitrogens is 2. The molecular formula is C8H16N4. The summed E-state index contributed by atoms with van der Waals surface area (Å²) in [5.41, 5.74) is 1.70. The van der Waals surface area contributed by atoms with Gasteiger partial charge in [0.25, 0.3) is 0 Å². The summed E-state index contributed by atoms with van der Waals surface area (Å²) in [6.45, 7) is 7.57. The lowest BCUT2D eigenvalue weighted by molar-refractivity contribution is 0.796. The fraction of sp³-hybridized carbons (Fsp3) is 0.500.